The minimum atomic E-state index is 0.292. The Hall–Kier alpha value is -2.14. The zero-order chi connectivity index (χ0) is 16.7. The van der Waals surface area contributed by atoms with Crippen LogP contribution in [0.2, 0.25) is 0 Å². The molecule has 1 aromatic carbocycles. The van der Waals surface area contributed by atoms with E-state index < -0.39 is 0 Å². The van der Waals surface area contributed by atoms with Crippen molar-refractivity contribution in [2.45, 2.75) is 38.6 Å². The second-order valence-electron chi connectivity index (χ2n) is 6.53. The number of benzene rings is 1. The lowest BCUT2D eigenvalue weighted by molar-refractivity contribution is 0.296. The van der Waals surface area contributed by atoms with Crippen LogP contribution in [0.4, 0.5) is 0 Å². The SMILES string of the molecule is Cc1sc(C2=C(O)CN(C3CCCC3)C2=N)nc1-c1ccccc1. The Labute approximate surface area is 146 Å². The molecular weight excluding hydrogens is 318 g/mol. The standard InChI is InChI=1S/C19H21N3OS/c1-12-17(13-7-3-2-4-8-13)21-19(24-12)16-15(23)11-22(18(16)20)14-9-5-6-10-14/h2-4,7-8,14,20,23H,5-6,9-11H2,1H3. The maximum Gasteiger partial charge on any atom is 0.135 e. The largest absolute Gasteiger partial charge is 0.510 e. The van der Waals surface area contributed by atoms with Gasteiger partial charge in [-0.2, -0.15) is 0 Å². The van der Waals surface area contributed by atoms with E-state index in [4.69, 9.17) is 10.4 Å². The minimum Gasteiger partial charge on any atom is -0.510 e. The third kappa shape index (κ3) is 2.53. The highest BCUT2D eigenvalue weighted by molar-refractivity contribution is 7.13. The van der Waals surface area contributed by atoms with Crippen molar-refractivity contribution in [2.75, 3.05) is 6.54 Å². The smallest absolute Gasteiger partial charge is 0.135 e. The molecule has 124 valence electrons. The predicted octanol–water partition coefficient (Wildman–Crippen LogP) is 4.62. The molecule has 0 bridgehead atoms. The summed E-state index contributed by atoms with van der Waals surface area (Å²) in [5.41, 5.74) is 2.65. The van der Waals surface area contributed by atoms with E-state index in [0.717, 1.165) is 34.0 Å². The van der Waals surface area contributed by atoms with Crippen molar-refractivity contribution in [3.8, 4) is 11.3 Å². The summed E-state index contributed by atoms with van der Waals surface area (Å²) in [6.45, 7) is 2.51. The van der Waals surface area contributed by atoms with Gasteiger partial charge in [0.15, 0.2) is 0 Å². The third-order valence-electron chi connectivity index (χ3n) is 4.96. The van der Waals surface area contributed by atoms with Gasteiger partial charge in [0.25, 0.3) is 0 Å². The van der Waals surface area contributed by atoms with Crippen molar-refractivity contribution in [3.63, 3.8) is 0 Å². The number of nitrogens with one attached hydrogen (secondary N) is 1. The van der Waals surface area contributed by atoms with Gasteiger partial charge < -0.3 is 10.0 Å². The molecule has 0 radical (unpaired) electrons. The number of amidine groups is 1. The van der Waals surface area contributed by atoms with Gasteiger partial charge in [-0.25, -0.2) is 4.98 Å². The first kappa shape index (κ1) is 15.4. The molecular formula is C19H21N3OS. The van der Waals surface area contributed by atoms with E-state index in [2.05, 4.69) is 11.8 Å². The van der Waals surface area contributed by atoms with Gasteiger partial charge >= 0.3 is 0 Å². The Morgan fingerprint density at radius 2 is 1.92 bits per heavy atom. The van der Waals surface area contributed by atoms with Crippen LogP contribution in [0, 0.1) is 12.3 Å². The van der Waals surface area contributed by atoms with Crippen LogP contribution in [0.5, 0.6) is 0 Å². The summed E-state index contributed by atoms with van der Waals surface area (Å²) < 4.78 is 0. The maximum atomic E-state index is 10.5. The molecule has 1 aliphatic carbocycles. The highest BCUT2D eigenvalue weighted by atomic mass is 32.1. The predicted molar refractivity (Wildman–Crippen MR) is 98.5 cm³/mol. The minimum absolute atomic E-state index is 0.292. The average molecular weight is 339 g/mol. The number of aliphatic hydroxyl groups is 1. The molecule has 1 fully saturated rings. The van der Waals surface area contributed by atoms with E-state index in [-0.39, 0.29) is 0 Å². The van der Waals surface area contributed by atoms with E-state index in [1.54, 1.807) is 11.3 Å². The van der Waals surface area contributed by atoms with Crippen LogP contribution < -0.4 is 0 Å². The van der Waals surface area contributed by atoms with Crippen molar-refractivity contribution in [1.29, 1.82) is 5.41 Å². The number of rotatable bonds is 3. The zero-order valence-corrected chi connectivity index (χ0v) is 14.6. The van der Waals surface area contributed by atoms with Crippen molar-refractivity contribution in [2.24, 2.45) is 0 Å². The molecule has 2 N–H and O–H groups in total. The van der Waals surface area contributed by atoms with Gasteiger partial charge in [0.2, 0.25) is 0 Å². The Bertz CT molecular complexity index is 803. The third-order valence-corrected chi connectivity index (χ3v) is 5.94. The molecule has 0 saturated heterocycles. The quantitative estimate of drug-likeness (QED) is 0.857. The van der Waals surface area contributed by atoms with Gasteiger partial charge in [0.05, 0.1) is 17.8 Å². The molecule has 4 rings (SSSR count). The van der Waals surface area contributed by atoms with Crippen molar-refractivity contribution in [1.82, 2.24) is 9.88 Å². The Morgan fingerprint density at radius 3 is 2.62 bits per heavy atom. The van der Waals surface area contributed by atoms with E-state index in [1.807, 2.05) is 30.3 Å². The van der Waals surface area contributed by atoms with Gasteiger partial charge in [0, 0.05) is 16.5 Å². The summed E-state index contributed by atoms with van der Waals surface area (Å²) in [6, 6.07) is 10.5. The number of aromatic nitrogens is 1. The first-order chi connectivity index (χ1) is 11.6. The van der Waals surface area contributed by atoms with Crippen molar-refractivity contribution < 1.29 is 5.11 Å². The van der Waals surface area contributed by atoms with Gasteiger partial charge in [0.1, 0.15) is 16.6 Å². The van der Waals surface area contributed by atoms with Crippen LogP contribution in [0.1, 0.15) is 35.6 Å². The summed E-state index contributed by atoms with van der Waals surface area (Å²) in [7, 11) is 0. The van der Waals surface area contributed by atoms with Crippen LogP contribution in [0.25, 0.3) is 16.8 Å². The van der Waals surface area contributed by atoms with Crippen LogP contribution in [-0.2, 0) is 0 Å². The Morgan fingerprint density at radius 1 is 1.21 bits per heavy atom. The summed E-state index contributed by atoms with van der Waals surface area (Å²) in [5.74, 6) is 0.730. The molecule has 1 saturated carbocycles. The van der Waals surface area contributed by atoms with Crippen LogP contribution in [0.3, 0.4) is 0 Å². The molecule has 24 heavy (non-hydrogen) atoms. The fourth-order valence-corrected chi connectivity index (χ4v) is 4.72. The first-order valence-electron chi connectivity index (χ1n) is 8.46. The second-order valence-corrected chi connectivity index (χ2v) is 7.73. The molecule has 1 aromatic heterocycles. The molecule has 5 heteroatoms. The molecule has 0 amide bonds. The molecule has 0 spiro atoms. The van der Waals surface area contributed by atoms with Gasteiger partial charge in [-0.15, -0.1) is 11.3 Å². The number of nitrogens with zero attached hydrogens (tertiary/aromatic N) is 2. The normalized spacial score (nSPS) is 18.9. The van der Waals surface area contributed by atoms with Crippen molar-refractivity contribution in [3.05, 3.63) is 46.0 Å². The van der Waals surface area contributed by atoms with Crippen LogP contribution in [0.15, 0.2) is 36.1 Å². The molecule has 2 aliphatic rings. The average Bonchev–Trinajstić information content (AvgIpc) is 3.28. The fourth-order valence-electron chi connectivity index (χ4n) is 3.72. The molecule has 2 aromatic rings. The van der Waals surface area contributed by atoms with E-state index in [9.17, 15) is 5.11 Å². The summed E-state index contributed by atoms with van der Waals surface area (Å²) in [5, 5.41) is 19.8. The van der Waals surface area contributed by atoms with E-state index in [1.165, 1.54) is 12.8 Å². The molecule has 0 atom stereocenters. The highest BCUT2D eigenvalue weighted by Gasteiger charge is 2.35. The molecule has 0 unspecified atom stereocenters. The lowest BCUT2D eigenvalue weighted by atomic mass is 10.1. The first-order valence-corrected chi connectivity index (χ1v) is 9.27. The van der Waals surface area contributed by atoms with E-state index in [0.29, 0.717) is 29.8 Å². The van der Waals surface area contributed by atoms with Gasteiger partial charge in [-0.05, 0) is 19.8 Å². The number of hydrogen-bond donors (Lipinski definition) is 2. The molecule has 1 aliphatic heterocycles. The highest BCUT2D eigenvalue weighted by Crippen LogP contribution is 2.37. The lowest BCUT2D eigenvalue weighted by Gasteiger charge is -2.25. The van der Waals surface area contributed by atoms with Crippen molar-refractivity contribution >= 4 is 22.7 Å². The van der Waals surface area contributed by atoms with Gasteiger partial charge in [-0.1, -0.05) is 43.2 Å². The number of hydrogen-bond acceptors (Lipinski definition) is 4. The summed E-state index contributed by atoms with van der Waals surface area (Å²) >= 11 is 1.56. The number of aryl methyl sites for hydroxylation is 1. The Balaban J connectivity index is 1.66. The fraction of sp³-hybridized carbons (Fsp3) is 0.368. The summed E-state index contributed by atoms with van der Waals surface area (Å²) in [6.07, 6.45) is 4.68. The number of aliphatic hydroxyl groups excluding tert-OH is 1. The lowest BCUT2D eigenvalue weighted by Crippen LogP contribution is -2.35. The topological polar surface area (TPSA) is 60.2 Å². The van der Waals surface area contributed by atoms with Crippen LogP contribution >= 0.6 is 11.3 Å². The van der Waals surface area contributed by atoms with Crippen LogP contribution in [-0.4, -0.2) is 33.4 Å². The summed E-state index contributed by atoms with van der Waals surface area (Å²) in [4.78, 5) is 7.92. The number of thiazole rings is 1. The second kappa shape index (κ2) is 6.06. The molecule has 2 heterocycles. The van der Waals surface area contributed by atoms with E-state index >= 15 is 0 Å². The van der Waals surface area contributed by atoms with Gasteiger partial charge in [-0.3, -0.25) is 5.41 Å². The Kier molecular flexibility index (Phi) is 3.88. The zero-order valence-electron chi connectivity index (χ0n) is 13.7. The molecule has 4 nitrogen and oxygen atoms in total. The monoisotopic (exact) mass is 339 g/mol. The maximum absolute atomic E-state index is 10.5.